The normalized spacial score (nSPS) is 11.4. The largest absolute Gasteiger partial charge is 0.462 e. The molecule has 0 radical (unpaired) electrons. The van der Waals surface area contributed by atoms with Gasteiger partial charge >= 0.3 is 5.97 Å². The molecule has 6 heteroatoms. The second kappa shape index (κ2) is 6.39. The molecule has 0 unspecified atom stereocenters. The van der Waals surface area contributed by atoms with Crippen LogP contribution in [0, 0.1) is 11.2 Å². The SMILES string of the molecule is CCOC(=O)/C(C=N)=C(\N)Nc1ccc(F)cc1. The Morgan fingerprint density at radius 1 is 1.50 bits per heavy atom. The Balaban J connectivity index is 2.89. The van der Waals surface area contributed by atoms with Crippen LogP contribution >= 0.6 is 0 Å². The van der Waals surface area contributed by atoms with Gasteiger partial charge in [0.25, 0.3) is 0 Å². The van der Waals surface area contributed by atoms with Crippen LogP contribution in [-0.4, -0.2) is 18.8 Å². The molecule has 0 saturated carbocycles. The zero-order valence-electron chi connectivity index (χ0n) is 9.87. The fourth-order valence-corrected chi connectivity index (χ4v) is 1.21. The zero-order valence-corrected chi connectivity index (χ0v) is 9.87. The van der Waals surface area contributed by atoms with Gasteiger partial charge in [0, 0.05) is 11.9 Å². The van der Waals surface area contributed by atoms with Gasteiger partial charge in [-0.15, -0.1) is 0 Å². The number of halogens is 1. The van der Waals surface area contributed by atoms with Crippen LogP contribution in [0.3, 0.4) is 0 Å². The summed E-state index contributed by atoms with van der Waals surface area (Å²) >= 11 is 0. The lowest BCUT2D eigenvalue weighted by Gasteiger charge is -2.09. The number of benzene rings is 1. The van der Waals surface area contributed by atoms with E-state index < -0.39 is 5.97 Å². The third-order valence-corrected chi connectivity index (χ3v) is 2.05. The van der Waals surface area contributed by atoms with Crippen LogP contribution in [-0.2, 0) is 9.53 Å². The summed E-state index contributed by atoms with van der Waals surface area (Å²) in [5.41, 5.74) is 6.08. The lowest BCUT2D eigenvalue weighted by molar-refractivity contribution is -0.137. The van der Waals surface area contributed by atoms with Crippen molar-refractivity contribution in [2.45, 2.75) is 6.92 Å². The van der Waals surface area contributed by atoms with Gasteiger partial charge in [-0.2, -0.15) is 0 Å². The summed E-state index contributed by atoms with van der Waals surface area (Å²) in [6.07, 6.45) is 0.809. The highest BCUT2D eigenvalue weighted by Gasteiger charge is 2.12. The minimum absolute atomic E-state index is 0.0185. The monoisotopic (exact) mass is 251 g/mol. The molecular weight excluding hydrogens is 237 g/mol. The molecule has 0 aliphatic heterocycles. The van der Waals surface area contributed by atoms with Crippen molar-refractivity contribution in [1.29, 1.82) is 5.41 Å². The minimum atomic E-state index is -0.681. The number of carbonyl (C=O) groups is 1. The maximum Gasteiger partial charge on any atom is 0.343 e. The Bertz CT molecular complexity index is 469. The number of nitrogens with two attached hydrogens (primary N) is 1. The molecular formula is C12H14FN3O2. The van der Waals surface area contributed by atoms with Crippen LogP contribution in [0.5, 0.6) is 0 Å². The molecule has 0 atom stereocenters. The molecule has 1 aromatic carbocycles. The fourth-order valence-electron chi connectivity index (χ4n) is 1.21. The summed E-state index contributed by atoms with van der Waals surface area (Å²) in [6, 6.07) is 5.44. The Labute approximate surface area is 104 Å². The molecule has 1 aromatic rings. The highest BCUT2D eigenvalue weighted by Crippen LogP contribution is 2.11. The maximum atomic E-state index is 12.7. The molecule has 0 saturated heterocycles. The average Bonchev–Trinajstić information content (AvgIpc) is 2.33. The minimum Gasteiger partial charge on any atom is -0.462 e. The summed E-state index contributed by atoms with van der Waals surface area (Å²) in [5, 5.41) is 9.83. The first kappa shape index (κ1) is 13.7. The zero-order chi connectivity index (χ0) is 13.5. The molecule has 0 aliphatic rings. The third kappa shape index (κ3) is 3.58. The van der Waals surface area contributed by atoms with Crippen LogP contribution in [0.2, 0.25) is 0 Å². The van der Waals surface area contributed by atoms with E-state index in [0.29, 0.717) is 5.69 Å². The summed E-state index contributed by atoms with van der Waals surface area (Å²) in [5.74, 6) is -1.07. The molecule has 1 rings (SSSR count). The molecule has 0 spiro atoms. The van der Waals surface area contributed by atoms with Gasteiger partial charge in [0.2, 0.25) is 0 Å². The van der Waals surface area contributed by atoms with Crippen molar-refractivity contribution in [2.75, 3.05) is 11.9 Å². The van der Waals surface area contributed by atoms with E-state index in [1.807, 2.05) is 0 Å². The van der Waals surface area contributed by atoms with E-state index in [-0.39, 0.29) is 23.8 Å². The molecule has 0 bridgehead atoms. The van der Waals surface area contributed by atoms with Gasteiger partial charge in [0.1, 0.15) is 17.2 Å². The number of nitrogens with one attached hydrogen (secondary N) is 2. The van der Waals surface area contributed by atoms with Gasteiger partial charge in [-0.05, 0) is 31.2 Å². The van der Waals surface area contributed by atoms with Crippen LogP contribution in [0.4, 0.5) is 10.1 Å². The van der Waals surface area contributed by atoms with Crippen LogP contribution in [0.15, 0.2) is 35.7 Å². The van der Waals surface area contributed by atoms with Gasteiger partial charge < -0.3 is 21.2 Å². The first-order valence-corrected chi connectivity index (χ1v) is 5.28. The molecule has 0 amide bonds. The van der Waals surface area contributed by atoms with E-state index in [9.17, 15) is 9.18 Å². The number of rotatable bonds is 5. The highest BCUT2D eigenvalue weighted by atomic mass is 19.1. The van der Waals surface area contributed by atoms with Gasteiger partial charge in [0.15, 0.2) is 0 Å². The second-order valence-corrected chi connectivity index (χ2v) is 3.32. The van der Waals surface area contributed by atoms with Crippen molar-refractivity contribution in [2.24, 2.45) is 5.73 Å². The number of anilines is 1. The summed E-state index contributed by atoms with van der Waals surface area (Å²) in [6.45, 7) is 1.85. The van der Waals surface area contributed by atoms with Crippen LogP contribution in [0.1, 0.15) is 6.92 Å². The van der Waals surface area contributed by atoms with E-state index in [4.69, 9.17) is 15.9 Å². The van der Waals surface area contributed by atoms with Crippen molar-refractivity contribution in [3.05, 3.63) is 41.5 Å². The maximum absolute atomic E-state index is 12.7. The van der Waals surface area contributed by atoms with E-state index in [1.165, 1.54) is 24.3 Å². The standard InChI is InChI=1S/C12H14FN3O2/c1-2-18-12(17)10(7-14)11(15)16-9-5-3-8(13)4-6-9/h3-7,14,16H,2,15H2,1H3/b11-10+,14-7?. The van der Waals surface area contributed by atoms with Crippen molar-refractivity contribution >= 4 is 17.9 Å². The van der Waals surface area contributed by atoms with Gasteiger partial charge in [-0.1, -0.05) is 0 Å². The number of hydrogen-bond donors (Lipinski definition) is 3. The fraction of sp³-hybridized carbons (Fsp3) is 0.167. The summed E-state index contributed by atoms with van der Waals surface area (Å²) in [7, 11) is 0. The predicted molar refractivity (Wildman–Crippen MR) is 66.7 cm³/mol. The summed E-state index contributed by atoms with van der Waals surface area (Å²) < 4.78 is 17.4. The lowest BCUT2D eigenvalue weighted by atomic mass is 10.2. The first-order valence-electron chi connectivity index (χ1n) is 5.28. The quantitative estimate of drug-likeness (QED) is 0.421. The smallest absolute Gasteiger partial charge is 0.343 e. The van der Waals surface area contributed by atoms with E-state index in [2.05, 4.69) is 5.32 Å². The first-order chi connectivity index (χ1) is 8.58. The van der Waals surface area contributed by atoms with Crippen molar-refractivity contribution in [3.63, 3.8) is 0 Å². The van der Waals surface area contributed by atoms with E-state index >= 15 is 0 Å². The van der Waals surface area contributed by atoms with Gasteiger partial charge in [-0.25, -0.2) is 9.18 Å². The Hall–Kier alpha value is -2.37. The van der Waals surface area contributed by atoms with E-state index in [1.54, 1.807) is 6.92 Å². The number of esters is 1. The molecule has 96 valence electrons. The second-order valence-electron chi connectivity index (χ2n) is 3.32. The summed E-state index contributed by atoms with van der Waals surface area (Å²) in [4.78, 5) is 11.4. The van der Waals surface area contributed by atoms with Crippen LogP contribution < -0.4 is 11.1 Å². The Morgan fingerprint density at radius 3 is 2.61 bits per heavy atom. The molecule has 4 N–H and O–H groups in total. The molecule has 0 aromatic heterocycles. The van der Waals surface area contributed by atoms with Crippen molar-refractivity contribution in [1.82, 2.24) is 0 Å². The van der Waals surface area contributed by atoms with E-state index in [0.717, 1.165) is 6.21 Å². The Morgan fingerprint density at radius 2 is 2.11 bits per heavy atom. The van der Waals surface area contributed by atoms with Gasteiger partial charge in [-0.3, -0.25) is 0 Å². The molecule has 0 heterocycles. The average molecular weight is 251 g/mol. The number of carbonyl (C=O) groups excluding carboxylic acids is 1. The topological polar surface area (TPSA) is 88.2 Å². The molecule has 18 heavy (non-hydrogen) atoms. The van der Waals surface area contributed by atoms with Crippen molar-refractivity contribution in [3.8, 4) is 0 Å². The molecule has 5 nitrogen and oxygen atoms in total. The lowest BCUT2D eigenvalue weighted by Crippen LogP contribution is -2.20. The predicted octanol–water partition coefficient (Wildman–Crippen LogP) is 1.62. The van der Waals surface area contributed by atoms with Gasteiger partial charge in [0.05, 0.1) is 6.61 Å². The Kier molecular flexibility index (Phi) is 4.86. The molecule has 0 aliphatic carbocycles. The number of hydrogen-bond acceptors (Lipinski definition) is 5. The third-order valence-electron chi connectivity index (χ3n) is 2.05. The highest BCUT2D eigenvalue weighted by molar-refractivity contribution is 6.09. The van der Waals surface area contributed by atoms with Crippen molar-refractivity contribution < 1.29 is 13.9 Å². The van der Waals surface area contributed by atoms with Crippen LogP contribution in [0.25, 0.3) is 0 Å². The molecule has 0 fully saturated rings. The number of ether oxygens (including phenoxy) is 1.